The molecule has 0 radical (unpaired) electrons. The van der Waals surface area contributed by atoms with Gasteiger partial charge in [0.2, 0.25) is 23.4 Å². The van der Waals surface area contributed by atoms with Crippen LogP contribution in [0.25, 0.3) is 0 Å². The number of ketones is 2. The van der Waals surface area contributed by atoms with Crippen LogP contribution in [0.15, 0.2) is 41.6 Å². The molecule has 4 rings (SSSR count). The Hall–Kier alpha value is -4.41. The third kappa shape index (κ3) is 4.12. The van der Waals surface area contributed by atoms with E-state index in [2.05, 4.69) is 5.32 Å². The molecule has 2 heterocycles. The number of nitrogens with zero attached hydrogens (tertiary/aromatic N) is 2. The first-order valence-corrected chi connectivity index (χ1v) is 11.3. The molecule has 2 aliphatic rings. The van der Waals surface area contributed by atoms with E-state index in [4.69, 9.17) is 16.2 Å². The summed E-state index contributed by atoms with van der Waals surface area (Å²) in [6, 6.07) is 8.42. The molecule has 36 heavy (non-hydrogen) atoms. The summed E-state index contributed by atoms with van der Waals surface area (Å²) in [5.41, 5.74) is 12.3. The van der Waals surface area contributed by atoms with Crippen LogP contribution >= 0.6 is 0 Å². The van der Waals surface area contributed by atoms with E-state index in [1.807, 2.05) is 30.3 Å². The molecule has 0 fully saturated rings. The Labute approximate surface area is 207 Å². The van der Waals surface area contributed by atoms with Gasteiger partial charge in [-0.05, 0) is 12.5 Å². The minimum atomic E-state index is -1.08. The van der Waals surface area contributed by atoms with Crippen LogP contribution in [-0.4, -0.2) is 59.1 Å². The zero-order valence-electron chi connectivity index (χ0n) is 20.2. The van der Waals surface area contributed by atoms with Crippen LogP contribution in [0.4, 0.5) is 4.79 Å². The molecule has 0 saturated heterocycles. The van der Waals surface area contributed by atoms with Crippen LogP contribution in [0.5, 0.6) is 0 Å². The summed E-state index contributed by atoms with van der Waals surface area (Å²) in [7, 11) is 3.13. The topological polar surface area (TPSA) is 167 Å². The first-order valence-electron chi connectivity index (χ1n) is 11.3. The largest absolute Gasteiger partial charge is 0.445 e. The van der Waals surface area contributed by atoms with Gasteiger partial charge in [-0.15, -0.1) is 0 Å². The molecule has 2 aromatic rings. The summed E-state index contributed by atoms with van der Waals surface area (Å²) in [5.74, 6) is -2.67. The molecule has 0 saturated carbocycles. The fraction of sp³-hybridized carbons (Fsp3) is 0.320. The molecular weight excluding hydrogens is 466 g/mol. The maximum atomic E-state index is 13.4. The molecule has 0 spiro atoms. The number of nitrogens with two attached hydrogens (primary N) is 2. The van der Waals surface area contributed by atoms with Gasteiger partial charge in [0.1, 0.15) is 18.2 Å². The first-order chi connectivity index (χ1) is 17.0. The lowest BCUT2D eigenvalue weighted by Crippen LogP contribution is -2.44. The smallest absolute Gasteiger partial charge is 0.404 e. The molecule has 188 valence electrons. The van der Waals surface area contributed by atoms with Gasteiger partial charge in [-0.1, -0.05) is 30.3 Å². The quantitative estimate of drug-likeness (QED) is 0.530. The number of aromatic nitrogens is 1. The van der Waals surface area contributed by atoms with Crippen LogP contribution in [0.2, 0.25) is 0 Å². The van der Waals surface area contributed by atoms with E-state index in [0.717, 1.165) is 5.56 Å². The van der Waals surface area contributed by atoms with Gasteiger partial charge < -0.3 is 31.0 Å². The third-order valence-electron chi connectivity index (χ3n) is 6.54. The van der Waals surface area contributed by atoms with E-state index in [-0.39, 0.29) is 52.9 Å². The molecule has 1 aromatic carbocycles. The number of benzene rings is 1. The lowest BCUT2D eigenvalue weighted by molar-refractivity contribution is -0.131. The van der Waals surface area contributed by atoms with Crippen molar-refractivity contribution in [2.24, 2.45) is 11.5 Å². The van der Waals surface area contributed by atoms with Crippen molar-refractivity contribution in [1.29, 1.82) is 0 Å². The SMILES string of the molecule is CC1=C(N)C(=O)c2c(COC(N)=O)c3n(c2C1=O)C[C@H](NC(=O)Cc1ccccc1)[C@H]3C(=O)N(C)C. The van der Waals surface area contributed by atoms with Crippen molar-refractivity contribution < 1.29 is 28.7 Å². The standard InChI is InChI=1S/C25H27N5O6/c1-12-19(26)23(33)17-14(11-36-25(27)35)20-18(24(34)29(2)3)15(10-30(20)21(17)22(12)32)28-16(31)9-13-7-5-4-6-8-13/h4-8,15,18H,9-11,26H2,1-3H3,(H2,27,35)(H,28,31)/t15-,18+/m0/s1. The lowest BCUT2D eigenvalue weighted by atomic mass is 9.87. The predicted molar refractivity (Wildman–Crippen MR) is 128 cm³/mol. The van der Waals surface area contributed by atoms with Gasteiger partial charge in [0, 0.05) is 37.5 Å². The number of carbonyl (C=O) groups is 5. The van der Waals surface area contributed by atoms with Gasteiger partial charge in [0.15, 0.2) is 0 Å². The number of ether oxygens (including phenoxy) is 1. The average molecular weight is 494 g/mol. The zero-order valence-corrected chi connectivity index (χ0v) is 20.2. The highest BCUT2D eigenvalue weighted by molar-refractivity contribution is 6.26. The van der Waals surface area contributed by atoms with Crippen molar-refractivity contribution in [1.82, 2.24) is 14.8 Å². The summed E-state index contributed by atoms with van der Waals surface area (Å²) >= 11 is 0. The number of primary amides is 1. The Bertz CT molecular complexity index is 1320. The minimum absolute atomic E-state index is 0.00929. The Morgan fingerprint density at radius 1 is 1.14 bits per heavy atom. The van der Waals surface area contributed by atoms with Crippen molar-refractivity contribution in [3.05, 3.63) is 69.7 Å². The molecule has 2 atom stereocenters. The van der Waals surface area contributed by atoms with Crippen molar-refractivity contribution in [2.75, 3.05) is 14.1 Å². The third-order valence-corrected chi connectivity index (χ3v) is 6.54. The molecule has 0 unspecified atom stereocenters. The predicted octanol–water partition coefficient (Wildman–Crippen LogP) is 0.608. The van der Waals surface area contributed by atoms with Gasteiger partial charge >= 0.3 is 6.09 Å². The summed E-state index contributed by atoms with van der Waals surface area (Å²) in [6.07, 6.45) is -0.986. The average Bonchev–Trinajstić information content (AvgIpc) is 3.33. The number of hydrogen-bond acceptors (Lipinski definition) is 7. The van der Waals surface area contributed by atoms with Crippen LogP contribution in [-0.2, 0) is 33.9 Å². The van der Waals surface area contributed by atoms with E-state index >= 15 is 0 Å². The van der Waals surface area contributed by atoms with Crippen molar-refractivity contribution in [3.63, 3.8) is 0 Å². The van der Waals surface area contributed by atoms with E-state index < -0.39 is 36.2 Å². The number of allylic oxidation sites excluding steroid dienone is 2. The van der Waals surface area contributed by atoms with Crippen LogP contribution in [0.1, 0.15) is 50.5 Å². The zero-order chi connectivity index (χ0) is 26.3. The summed E-state index contributed by atoms with van der Waals surface area (Å²) in [4.78, 5) is 65.4. The normalized spacial score (nSPS) is 18.5. The summed E-state index contributed by atoms with van der Waals surface area (Å²) < 4.78 is 6.56. The molecule has 3 amide bonds. The van der Waals surface area contributed by atoms with Crippen molar-refractivity contribution in [3.8, 4) is 0 Å². The molecule has 5 N–H and O–H groups in total. The fourth-order valence-corrected chi connectivity index (χ4v) is 4.84. The lowest BCUT2D eigenvalue weighted by Gasteiger charge is -2.24. The van der Waals surface area contributed by atoms with Crippen LogP contribution in [0.3, 0.4) is 0 Å². The Morgan fingerprint density at radius 3 is 2.42 bits per heavy atom. The van der Waals surface area contributed by atoms with E-state index in [1.165, 1.54) is 11.8 Å². The Kier molecular flexibility index (Phi) is 6.40. The summed E-state index contributed by atoms with van der Waals surface area (Å²) in [5, 5.41) is 2.92. The van der Waals surface area contributed by atoms with Gasteiger partial charge in [0.05, 0.1) is 23.7 Å². The van der Waals surface area contributed by atoms with E-state index in [9.17, 15) is 24.0 Å². The number of fused-ring (bicyclic) bond motifs is 3. The molecule has 0 bridgehead atoms. The monoisotopic (exact) mass is 493 g/mol. The van der Waals surface area contributed by atoms with Crippen molar-refractivity contribution >= 4 is 29.5 Å². The highest BCUT2D eigenvalue weighted by Gasteiger charge is 2.48. The molecule has 11 nitrogen and oxygen atoms in total. The fourth-order valence-electron chi connectivity index (χ4n) is 4.84. The highest BCUT2D eigenvalue weighted by atomic mass is 16.5. The van der Waals surface area contributed by atoms with E-state index in [1.54, 1.807) is 18.7 Å². The van der Waals surface area contributed by atoms with E-state index in [0.29, 0.717) is 5.69 Å². The van der Waals surface area contributed by atoms with Gasteiger partial charge in [-0.25, -0.2) is 4.79 Å². The van der Waals surface area contributed by atoms with Gasteiger partial charge in [-0.2, -0.15) is 0 Å². The second-order valence-corrected chi connectivity index (χ2v) is 9.05. The highest BCUT2D eigenvalue weighted by Crippen LogP contribution is 2.41. The number of rotatable bonds is 6. The summed E-state index contributed by atoms with van der Waals surface area (Å²) in [6.45, 7) is 1.08. The number of likely N-dealkylation sites (N-methyl/N-ethyl adjacent to an activating group) is 1. The molecule has 1 aliphatic heterocycles. The second kappa shape index (κ2) is 9.33. The molecular formula is C25H27N5O6. The molecule has 11 heteroatoms. The molecule has 1 aliphatic carbocycles. The number of amides is 3. The van der Waals surface area contributed by atoms with Crippen LogP contribution < -0.4 is 16.8 Å². The Morgan fingerprint density at radius 2 is 1.81 bits per heavy atom. The maximum Gasteiger partial charge on any atom is 0.404 e. The molecule has 1 aromatic heterocycles. The number of hydrogen-bond donors (Lipinski definition) is 3. The van der Waals surface area contributed by atoms with Crippen molar-refractivity contribution in [2.45, 2.75) is 38.5 Å². The Balaban J connectivity index is 1.80. The maximum absolute atomic E-state index is 13.4. The van der Waals surface area contributed by atoms with Crippen LogP contribution in [0, 0.1) is 0 Å². The van der Waals surface area contributed by atoms with Gasteiger partial charge in [0.25, 0.3) is 0 Å². The number of Topliss-reactive ketones (excluding diaryl/α,β-unsaturated/α-hetero) is 2. The number of carbonyl (C=O) groups excluding carboxylic acids is 5. The second-order valence-electron chi connectivity index (χ2n) is 9.05. The number of nitrogens with one attached hydrogen (secondary N) is 1. The minimum Gasteiger partial charge on any atom is -0.445 e. The first kappa shape index (κ1) is 24.7. The van der Waals surface area contributed by atoms with Gasteiger partial charge in [-0.3, -0.25) is 19.2 Å².